The molecule has 94 valence electrons. The maximum absolute atomic E-state index is 10.7. The number of nitrogen functional groups attached to an aromatic ring is 1. The summed E-state index contributed by atoms with van der Waals surface area (Å²) in [6.07, 6.45) is 0.564. The van der Waals surface area contributed by atoms with Crippen molar-refractivity contribution in [2.45, 2.75) is 19.4 Å². The lowest BCUT2D eigenvalue weighted by atomic mass is 10.2. The zero-order valence-corrected chi connectivity index (χ0v) is 9.51. The molecule has 0 amide bonds. The highest BCUT2D eigenvalue weighted by Gasteiger charge is 2.10. The fourth-order valence-electron chi connectivity index (χ4n) is 1.43. The minimum absolute atomic E-state index is 0.0210. The number of nitro groups is 1. The number of nitro benzene ring substituents is 1. The third-order valence-electron chi connectivity index (χ3n) is 2.27. The molecule has 1 unspecified atom stereocenters. The number of nitrogens with one attached hydrogen (secondary N) is 2. The molecule has 7 heteroatoms. The van der Waals surface area contributed by atoms with Crippen LogP contribution in [0.25, 0.3) is 0 Å². The molecule has 1 rings (SSSR count). The number of aliphatic hydroxyl groups is 1. The molecular formula is C10H16N4O3. The van der Waals surface area contributed by atoms with E-state index in [1.807, 2.05) is 6.92 Å². The maximum atomic E-state index is 10.7. The number of anilines is 2. The highest BCUT2D eigenvalue weighted by atomic mass is 16.6. The van der Waals surface area contributed by atoms with Crippen molar-refractivity contribution in [2.24, 2.45) is 5.84 Å². The molecule has 0 heterocycles. The second-order valence-corrected chi connectivity index (χ2v) is 3.73. The Morgan fingerprint density at radius 3 is 2.65 bits per heavy atom. The number of nitrogens with zero attached hydrogens (tertiary/aromatic N) is 1. The summed E-state index contributed by atoms with van der Waals surface area (Å²) in [7, 11) is 0. The summed E-state index contributed by atoms with van der Waals surface area (Å²) in [5, 5.41) is 22.5. The van der Waals surface area contributed by atoms with E-state index in [9.17, 15) is 10.1 Å². The monoisotopic (exact) mass is 240 g/mol. The van der Waals surface area contributed by atoms with Crippen LogP contribution in [0.5, 0.6) is 0 Å². The maximum Gasteiger partial charge on any atom is 0.273 e. The van der Waals surface area contributed by atoms with Gasteiger partial charge in [-0.2, -0.15) is 0 Å². The van der Waals surface area contributed by atoms with Gasteiger partial charge in [-0.05, 0) is 19.4 Å². The standard InChI is InChI=1S/C10H16N4O3/c1-7(2-3-15)12-8-4-9(13-11)6-10(5-8)14(16)17/h4-7,12-13,15H,2-3,11H2,1H3. The Kier molecular flexibility index (Phi) is 4.68. The third kappa shape index (κ3) is 3.89. The minimum Gasteiger partial charge on any atom is -0.396 e. The molecule has 0 spiro atoms. The molecule has 0 saturated carbocycles. The van der Waals surface area contributed by atoms with Gasteiger partial charge in [-0.3, -0.25) is 16.0 Å². The van der Waals surface area contributed by atoms with E-state index in [0.717, 1.165) is 0 Å². The highest BCUT2D eigenvalue weighted by Crippen LogP contribution is 2.24. The van der Waals surface area contributed by atoms with Crippen molar-refractivity contribution in [3.8, 4) is 0 Å². The fraction of sp³-hybridized carbons (Fsp3) is 0.400. The largest absolute Gasteiger partial charge is 0.396 e. The van der Waals surface area contributed by atoms with E-state index >= 15 is 0 Å². The molecule has 0 aliphatic carbocycles. The van der Waals surface area contributed by atoms with Crippen LogP contribution in [0, 0.1) is 10.1 Å². The average Bonchev–Trinajstić information content (AvgIpc) is 2.28. The van der Waals surface area contributed by atoms with Gasteiger partial charge in [0.2, 0.25) is 0 Å². The zero-order valence-electron chi connectivity index (χ0n) is 9.51. The number of hydrogen-bond donors (Lipinski definition) is 4. The smallest absolute Gasteiger partial charge is 0.273 e. The van der Waals surface area contributed by atoms with Crippen LogP contribution in [0.15, 0.2) is 18.2 Å². The Bertz CT molecular complexity index is 397. The third-order valence-corrected chi connectivity index (χ3v) is 2.27. The van der Waals surface area contributed by atoms with Crippen LogP contribution in [0.3, 0.4) is 0 Å². The second-order valence-electron chi connectivity index (χ2n) is 3.73. The van der Waals surface area contributed by atoms with Gasteiger partial charge in [0, 0.05) is 30.5 Å². The molecule has 1 aromatic rings. The first kappa shape index (κ1) is 13.2. The highest BCUT2D eigenvalue weighted by molar-refractivity contribution is 5.63. The topological polar surface area (TPSA) is 113 Å². The van der Waals surface area contributed by atoms with Gasteiger partial charge in [-0.1, -0.05) is 0 Å². The van der Waals surface area contributed by atoms with Crippen LogP contribution < -0.4 is 16.6 Å². The molecule has 5 N–H and O–H groups in total. The van der Waals surface area contributed by atoms with Gasteiger partial charge in [0.25, 0.3) is 5.69 Å². The number of rotatable bonds is 6. The van der Waals surface area contributed by atoms with Crippen LogP contribution in [-0.2, 0) is 0 Å². The number of non-ortho nitro benzene ring substituents is 1. The molecule has 1 aromatic carbocycles. The van der Waals surface area contributed by atoms with Gasteiger partial charge in [0.05, 0.1) is 10.6 Å². The summed E-state index contributed by atoms with van der Waals surface area (Å²) in [5.74, 6) is 5.24. The lowest BCUT2D eigenvalue weighted by Gasteiger charge is -2.14. The summed E-state index contributed by atoms with van der Waals surface area (Å²) in [6, 6.07) is 4.46. The predicted molar refractivity (Wildman–Crippen MR) is 65.7 cm³/mol. The van der Waals surface area contributed by atoms with Gasteiger partial charge in [-0.15, -0.1) is 0 Å². The van der Waals surface area contributed by atoms with E-state index in [2.05, 4.69) is 10.7 Å². The van der Waals surface area contributed by atoms with Gasteiger partial charge >= 0.3 is 0 Å². The Hall–Kier alpha value is -1.86. The summed E-state index contributed by atoms with van der Waals surface area (Å²) < 4.78 is 0. The van der Waals surface area contributed by atoms with Gasteiger partial charge in [0.15, 0.2) is 0 Å². The number of hydrazine groups is 1. The van der Waals surface area contributed by atoms with Crippen molar-refractivity contribution in [3.05, 3.63) is 28.3 Å². The van der Waals surface area contributed by atoms with Crippen molar-refractivity contribution >= 4 is 17.1 Å². The van der Waals surface area contributed by atoms with Crippen LogP contribution >= 0.6 is 0 Å². The fourth-order valence-corrected chi connectivity index (χ4v) is 1.43. The van der Waals surface area contributed by atoms with E-state index in [-0.39, 0.29) is 18.3 Å². The molecule has 0 aliphatic heterocycles. The lowest BCUT2D eigenvalue weighted by Crippen LogP contribution is -2.17. The summed E-state index contributed by atoms with van der Waals surface area (Å²) in [5.41, 5.74) is 3.38. The number of benzene rings is 1. The molecular weight excluding hydrogens is 224 g/mol. The molecule has 0 radical (unpaired) electrons. The van der Waals surface area contributed by atoms with Crippen molar-refractivity contribution in [2.75, 3.05) is 17.3 Å². The SMILES string of the molecule is CC(CCO)Nc1cc(NN)cc([N+](=O)[O-])c1. The molecule has 0 fully saturated rings. The van der Waals surface area contributed by atoms with Crippen LogP contribution in [-0.4, -0.2) is 22.7 Å². The van der Waals surface area contributed by atoms with Gasteiger partial charge < -0.3 is 15.8 Å². The molecule has 0 aromatic heterocycles. The molecule has 0 bridgehead atoms. The number of nitrogens with two attached hydrogens (primary N) is 1. The van der Waals surface area contributed by atoms with E-state index in [4.69, 9.17) is 10.9 Å². The van der Waals surface area contributed by atoms with Crippen molar-refractivity contribution in [1.82, 2.24) is 0 Å². The first-order valence-corrected chi connectivity index (χ1v) is 5.20. The quantitative estimate of drug-likeness (QED) is 0.336. The van der Waals surface area contributed by atoms with Crippen LogP contribution in [0.1, 0.15) is 13.3 Å². The van der Waals surface area contributed by atoms with E-state index in [1.54, 1.807) is 6.07 Å². The van der Waals surface area contributed by atoms with E-state index in [1.165, 1.54) is 12.1 Å². The Balaban J connectivity index is 2.90. The molecule has 0 saturated heterocycles. The average molecular weight is 240 g/mol. The van der Waals surface area contributed by atoms with E-state index < -0.39 is 4.92 Å². The van der Waals surface area contributed by atoms with Gasteiger partial charge in [0.1, 0.15) is 0 Å². The normalized spacial score (nSPS) is 11.9. The Labute approximate surface area is 98.7 Å². The van der Waals surface area contributed by atoms with E-state index in [0.29, 0.717) is 17.8 Å². The zero-order chi connectivity index (χ0) is 12.8. The second kappa shape index (κ2) is 6.02. The summed E-state index contributed by atoms with van der Waals surface area (Å²) in [6.45, 7) is 1.94. The van der Waals surface area contributed by atoms with Crippen LogP contribution in [0.2, 0.25) is 0 Å². The Morgan fingerprint density at radius 2 is 2.12 bits per heavy atom. The Morgan fingerprint density at radius 1 is 1.47 bits per heavy atom. The van der Waals surface area contributed by atoms with Crippen molar-refractivity contribution in [3.63, 3.8) is 0 Å². The minimum atomic E-state index is -0.483. The van der Waals surface area contributed by atoms with Gasteiger partial charge in [-0.25, -0.2) is 0 Å². The summed E-state index contributed by atoms with van der Waals surface area (Å²) in [4.78, 5) is 10.2. The number of aliphatic hydroxyl groups excluding tert-OH is 1. The molecule has 17 heavy (non-hydrogen) atoms. The lowest BCUT2D eigenvalue weighted by molar-refractivity contribution is -0.384. The molecule has 7 nitrogen and oxygen atoms in total. The predicted octanol–water partition coefficient (Wildman–Crippen LogP) is 1.06. The molecule has 0 aliphatic rings. The van der Waals surface area contributed by atoms with Crippen molar-refractivity contribution in [1.29, 1.82) is 0 Å². The van der Waals surface area contributed by atoms with Crippen molar-refractivity contribution < 1.29 is 10.0 Å². The van der Waals surface area contributed by atoms with Crippen LogP contribution in [0.4, 0.5) is 17.1 Å². The summed E-state index contributed by atoms with van der Waals surface area (Å²) >= 11 is 0. The number of hydrogen-bond acceptors (Lipinski definition) is 6. The molecule has 1 atom stereocenters. The first-order chi connectivity index (χ1) is 8.06. The first-order valence-electron chi connectivity index (χ1n) is 5.20.